The summed E-state index contributed by atoms with van der Waals surface area (Å²) in [6.45, 7) is 4.82. The van der Waals surface area contributed by atoms with Crippen LogP contribution in [0.3, 0.4) is 0 Å². The monoisotopic (exact) mass is 187 g/mol. The van der Waals surface area contributed by atoms with Gasteiger partial charge in [0.1, 0.15) is 0 Å². The number of rotatable bonds is 2. The van der Waals surface area contributed by atoms with E-state index in [1.807, 2.05) is 5.48 Å². The van der Waals surface area contributed by atoms with E-state index >= 15 is 0 Å². The van der Waals surface area contributed by atoms with E-state index in [0.717, 1.165) is 6.42 Å². The van der Waals surface area contributed by atoms with Crippen molar-refractivity contribution in [1.82, 2.24) is 5.48 Å². The molecule has 0 aromatic rings. The summed E-state index contributed by atoms with van der Waals surface area (Å²) < 4.78 is 5.50. The zero-order chi connectivity index (χ0) is 9.84. The van der Waals surface area contributed by atoms with Gasteiger partial charge in [-0.05, 0) is 12.3 Å². The van der Waals surface area contributed by atoms with Gasteiger partial charge < -0.3 is 10.5 Å². The molecule has 0 saturated carbocycles. The van der Waals surface area contributed by atoms with Gasteiger partial charge in [-0.1, -0.05) is 13.8 Å². The minimum Gasteiger partial charge on any atom is -0.376 e. The maximum Gasteiger partial charge on any atom is 0.213 e. The van der Waals surface area contributed by atoms with Crippen molar-refractivity contribution in [1.29, 1.82) is 0 Å². The molecule has 1 aliphatic heterocycles. The van der Waals surface area contributed by atoms with E-state index in [-0.39, 0.29) is 18.1 Å². The summed E-state index contributed by atoms with van der Waals surface area (Å²) in [5.41, 5.74) is 7.12. The number of ether oxygens (including phenoxy) is 1. The van der Waals surface area contributed by atoms with Crippen molar-refractivity contribution in [3.05, 3.63) is 0 Å². The van der Waals surface area contributed by atoms with Gasteiger partial charge in [-0.15, -0.1) is 0 Å². The maximum absolute atomic E-state index is 8.42. The molecule has 1 saturated heterocycles. The Balaban J connectivity index is 2.41. The summed E-state index contributed by atoms with van der Waals surface area (Å²) in [7, 11) is 0. The lowest BCUT2D eigenvalue weighted by molar-refractivity contribution is 0.0749. The molecule has 0 amide bonds. The zero-order valence-corrected chi connectivity index (χ0v) is 8.03. The average Bonchev–Trinajstić information content (AvgIpc) is 2.52. The third kappa shape index (κ3) is 2.86. The fraction of sp³-hybridized carbons (Fsp3) is 0.875. The molecule has 0 spiro atoms. The van der Waals surface area contributed by atoms with Gasteiger partial charge in [0, 0.05) is 0 Å². The SMILES string of the molecule is CC(C)C1CC(N=C(N)NO)CO1. The lowest BCUT2D eigenvalue weighted by Crippen LogP contribution is -2.30. The Hall–Kier alpha value is -0.810. The first-order valence-electron chi connectivity index (χ1n) is 4.48. The van der Waals surface area contributed by atoms with E-state index in [0.29, 0.717) is 12.5 Å². The van der Waals surface area contributed by atoms with Gasteiger partial charge in [0.25, 0.3) is 0 Å². The summed E-state index contributed by atoms with van der Waals surface area (Å²) in [5.74, 6) is 0.557. The maximum atomic E-state index is 8.42. The largest absolute Gasteiger partial charge is 0.376 e. The Morgan fingerprint density at radius 1 is 1.69 bits per heavy atom. The van der Waals surface area contributed by atoms with Crippen molar-refractivity contribution in [2.45, 2.75) is 32.4 Å². The Bertz CT molecular complexity index is 194. The third-order valence-corrected chi connectivity index (χ3v) is 2.19. The number of nitrogens with one attached hydrogen (secondary N) is 1. The Labute approximate surface area is 77.9 Å². The van der Waals surface area contributed by atoms with Gasteiger partial charge in [0.15, 0.2) is 0 Å². The first-order valence-corrected chi connectivity index (χ1v) is 4.48. The second-order valence-electron chi connectivity index (χ2n) is 3.63. The van der Waals surface area contributed by atoms with Crippen LogP contribution in [0.5, 0.6) is 0 Å². The lowest BCUT2D eigenvalue weighted by Gasteiger charge is -2.12. The highest BCUT2D eigenvalue weighted by atomic mass is 16.5. The average molecular weight is 187 g/mol. The van der Waals surface area contributed by atoms with Crippen LogP contribution in [0.15, 0.2) is 4.99 Å². The van der Waals surface area contributed by atoms with E-state index < -0.39 is 0 Å². The van der Waals surface area contributed by atoms with Crippen LogP contribution in [-0.2, 0) is 4.74 Å². The van der Waals surface area contributed by atoms with E-state index in [9.17, 15) is 0 Å². The Kier molecular flexibility index (Phi) is 3.50. The number of aliphatic imine (C=N–C) groups is 1. The van der Waals surface area contributed by atoms with Crippen LogP contribution in [0.1, 0.15) is 20.3 Å². The second kappa shape index (κ2) is 4.43. The minimum atomic E-state index is 0.0537. The van der Waals surface area contributed by atoms with E-state index in [1.54, 1.807) is 0 Å². The first-order chi connectivity index (χ1) is 6.13. The number of hydrogen-bond donors (Lipinski definition) is 3. The molecule has 4 N–H and O–H groups in total. The van der Waals surface area contributed by atoms with Gasteiger partial charge in [0.05, 0.1) is 18.8 Å². The molecule has 0 radical (unpaired) electrons. The molecule has 0 bridgehead atoms. The molecular formula is C8H17N3O2. The molecule has 5 heteroatoms. The summed E-state index contributed by atoms with van der Waals surface area (Å²) in [6, 6.07) is 0.0760. The number of guanidine groups is 1. The highest BCUT2D eigenvalue weighted by Crippen LogP contribution is 2.22. The topological polar surface area (TPSA) is 79.9 Å². The molecular weight excluding hydrogens is 170 g/mol. The van der Waals surface area contributed by atoms with E-state index in [4.69, 9.17) is 15.7 Å². The Morgan fingerprint density at radius 3 is 2.85 bits per heavy atom. The highest BCUT2D eigenvalue weighted by molar-refractivity contribution is 5.76. The van der Waals surface area contributed by atoms with Gasteiger partial charge in [0.2, 0.25) is 5.96 Å². The molecule has 1 aliphatic rings. The van der Waals surface area contributed by atoms with E-state index in [1.165, 1.54) is 0 Å². The molecule has 0 aromatic carbocycles. The third-order valence-electron chi connectivity index (χ3n) is 2.19. The van der Waals surface area contributed by atoms with Crippen LogP contribution in [0.25, 0.3) is 0 Å². The van der Waals surface area contributed by atoms with Gasteiger partial charge in [-0.3, -0.25) is 5.21 Å². The van der Waals surface area contributed by atoms with Crippen LogP contribution in [0.2, 0.25) is 0 Å². The molecule has 76 valence electrons. The molecule has 0 aliphatic carbocycles. The van der Waals surface area contributed by atoms with Gasteiger partial charge >= 0.3 is 0 Å². The minimum absolute atomic E-state index is 0.0537. The summed E-state index contributed by atoms with van der Waals surface area (Å²) in [6.07, 6.45) is 1.14. The molecule has 0 aromatic heterocycles. The van der Waals surface area contributed by atoms with Crippen LogP contribution in [-0.4, -0.2) is 29.9 Å². The van der Waals surface area contributed by atoms with Crippen molar-refractivity contribution in [2.24, 2.45) is 16.6 Å². The smallest absolute Gasteiger partial charge is 0.213 e. The predicted octanol–water partition coefficient (Wildman–Crippen LogP) is 0.0934. The number of nitrogens with zero attached hydrogens (tertiary/aromatic N) is 1. The number of hydrogen-bond acceptors (Lipinski definition) is 3. The van der Waals surface area contributed by atoms with E-state index in [2.05, 4.69) is 18.8 Å². The van der Waals surface area contributed by atoms with Crippen molar-refractivity contribution in [3.8, 4) is 0 Å². The quantitative estimate of drug-likeness (QED) is 0.325. The predicted molar refractivity (Wildman–Crippen MR) is 49.5 cm³/mol. The van der Waals surface area contributed by atoms with Crippen molar-refractivity contribution in [2.75, 3.05) is 6.61 Å². The van der Waals surface area contributed by atoms with Crippen molar-refractivity contribution in [3.63, 3.8) is 0 Å². The molecule has 13 heavy (non-hydrogen) atoms. The number of hydroxylamine groups is 1. The summed E-state index contributed by atoms with van der Waals surface area (Å²) in [4.78, 5) is 4.04. The molecule has 2 unspecified atom stereocenters. The van der Waals surface area contributed by atoms with Gasteiger partial charge in [-0.2, -0.15) is 0 Å². The lowest BCUT2D eigenvalue weighted by atomic mass is 10.0. The standard InChI is InChI=1S/C8H17N3O2/c1-5(2)7-3-6(4-13-7)10-8(9)11-12/h5-7,12H,3-4H2,1-2H3,(H3,9,10,11). The van der Waals surface area contributed by atoms with Crippen molar-refractivity contribution < 1.29 is 9.94 Å². The summed E-state index contributed by atoms with van der Waals surface area (Å²) >= 11 is 0. The fourth-order valence-corrected chi connectivity index (χ4v) is 1.42. The molecule has 2 atom stereocenters. The van der Waals surface area contributed by atoms with Crippen LogP contribution in [0, 0.1) is 5.92 Å². The first kappa shape index (κ1) is 10.3. The second-order valence-corrected chi connectivity index (χ2v) is 3.63. The van der Waals surface area contributed by atoms with Crippen molar-refractivity contribution >= 4 is 5.96 Å². The van der Waals surface area contributed by atoms with Crippen LogP contribution < -0.4 is 11.2 Å². The molecule has 1 heterocycles. The Morgan fingerprint density at radius 2 is 2.38 bits per heavy atom. The van der Waals surface area contributed by atoms with Crippen LogP contribution >= 0.6 is 0 Å². The normalized spacial score (nSPS) is 29.7. The zero-order valence-electron chi connectivity index (χ0n) is 8.03. The summed E-state index contributed by atoms with van der Waals surface area (Å²) in [5, 5.41) is 8.42. The van der Waals surface area contributed by atoms with Crippen LogP contribution in [0.4, 0.5) is 0 Å². The molecule has 1 rings (SSSR count). The number of nitrogens with two attached hydrogens (primary N) is 1. The van der Waals surface area contributed by atoms with Gasteiger partial charge in [-0.25, -0.2) is 10.5 Å². The molecule has 1 fully saturated rings. The highest BCUT2D eigenvalue weighted by Gasteiger charge is 2.27. The fourth-order valence-electron chi connectivity index (χ4n) is 1.42. The molecule has 5 nitrogen and oxygen atoms in total.